The molecule has 1 aromatic carbocycles. The number of halogens is 1. The number of amidine groups is 1. The number of aliphatic imine (C=N–C) groups is 1. The fraction of sp³-hybridized carbons (Fsp3) is 0.154. The summed E-state index contributed by atoms with van der Waals surface area (Å²) in [4.78, 5) is 11.8. The number of ether oxygens (including phenoxy) is 1. The van der Waals surface area contributed by atoms with E-state index in [4.69, 9.17) is 22.1 Å². The van der Waals surface area contributed by atoms with Crippen LogP contribution in [0.1, 0.15) is 0 Å². The molecule has 0 amide bonds. The van der Waals surface area contributed by atoms with E-state index in [9.17, 15) is 8.42 Å². The van der Waals surface area contributed by atoms with E-state index in [1.807, 2.05) is 0 Å². The maximum absolute atomic E-state index is 12.3. The van der Waals surface area contributed by atoms with Crippen molar-refractivity contribution in [1.29, 1.82) is 0 Å². The Kier molecular flexibility index (Phi) is 5.35. The van der Waals surface area contributed by atoms with Crippen molar-refractivity contribution in [2.45, 2.75) is 4.90 Å². The smallest absolute Gasteiger partial charge is 0.263 e. The van der Waals surface area contributed by atoms with Gasteiger partial charge < -0.3 is 10.5 Å². The van der Waals surface area contributed by atoms with E-state index < -0.39 is 10.0 Å². The molecule has 122 valence electrons. The van der Waals surface area contributed by atoms with Crippen LogP contribution in [0.25, 0.3) is 0 Å². The summed E-state index contributed by atoms with van der Waals surface area (Å²) in [6.07, 6.45) is 2.75. The standard InChI is InChI=1S/C13H14ClN5O3S/c1-22-13-12(16-6-7-17-13)19-23(20,21)10-4-2-9(3-5-10)18-11(15)8-14/h2-7H,8H2,1H3,(H2,15,18)(H,16,19). The molecule has 0 atom stereocenters. The van der Waals surface area contributed by atoms with Crippen LogP contribution in [0.4, 0.5) is 11.5 Å². The average molecular weight is 356 g/mol. The predicted octanol–water partition coefficient (Wildman–Crippen LogP) is 1.51. The van der Waals surface area contributed by atoms with Gasteiger partial charge in [0.05, 0.1) is 23.6 Å². The number of benzene rings is 1. The maximum atomic E-state index is 12.3. The molecule has 1 heterocycles. The van der Waals surface area contributed by atoms with Crippen LogP contribution in [0.15, 0.2) is 46.5 Å². The van der Waals surface area contributed by atoms with E-state index in [1.165, 1.54) is 43.8 Å². The Morgan fingerprint density at radius 1 is 1.30 bits per heavy atom. The minimum absolute atomic E-state index is 0.00322. The molecule has 0 saturated carbocycles. The normalized spacial score (nSPS) is 12.0. The van der Waals surface area contributed by atoms with Gasteiger partial charge in [-0.1, -0.05) is 0 Å². The molecule has 0 unspecified atom stereocenters. The van der Waals surface area contributed by atoms with E-state index in [-0.39, 0.29) is 28.3 Å². The summed E-state index contributed by atoms with van der Waals surface area (Å²) >= 11 is 5.54. The molecule has 0 aliphatic carbocycles. The van der Waals surface area contributed by atoms with Gasteiger partial charge in [-0.3, -0.25) is 4.72 Å². The van der Waals surface area contributed by atoms with Crippen LogP contribution in [-0.2, 0) is 10.0 Å². The molecule has 2 rings (SSSR count). The Morgan fingerprint density at radius 3 is 2.57 bits per heavy atom. The highest BCUT2D eigenvalue weighted by Gasteiger charge is 2.17. The van der Waals surface area contributed by atoms with Crippen molar-refractivity contribution in [2.24, 2.45) is 10.7 Å². The Balaban J connectivity index is 2.26. The van der Waals surface area contributed by atoms with Gasteiger partial charge in [0.2, 0.25) is 5.82 Å². The molecule has 8 nitrogen and oxygen atoms in total. The highest BCUT2D eigenvalue weighted by atomic mass is 35.5. The van der Waals surface area contributed by atoms with Gasteiger partial charge in [-0.15, -0.1) is 11.6 Å². The Hall–Kier alpha value is -2.39. The van der Waals surface area contributed by atoms with Crippen LogP contribution in [0.3, 0.4) is 0 Å². The van der Waals surface area contributed by atoms with Gasteiger partial charge in [0.25, 0.3) is 15.9 Å². The summed E-state index contributed by atoms with van der Waals surface area (Å²) in [6.45, 7) is 0. The third-order valence-electron chi connectivity index (χ3n) is 2.65. The first-order valence-electron chi connectivity index (χ1n) is 6.33. The van der Waals surface area contributed by atoms with Crippen molar-refractivity contribution in [1.82, 2.24) is 9.97 Å². The number of nitrogens with one attached hydrogen (secondary N) is 1. The highest BCUT2D eigenvalue weighted by molar-refractivity contribution is 7.92. The Bertz CT molecular complexity index is 809. The summed E-state index contributed by atoms with van der Waals surface area (Å²) in [5, 5.41) is 0. The van der Waals surface area contributed by atoms with Crippen LogP contribution in [0.5, 0.6) is 5.88 Å². The minimum Gasteiger partial charge on any atom is -0.478 e. The van der Waals surface area contributed by atoms with Crippen LogP contribution in [-0.4, -0.2) is 37.2 Å². The summed E-state index contributed by atoms with van der Waals surface area (Å²) in [6, 6.07) is 5.82. The Morgan fingerprint density at radius 2 is 1.96 bits per heavy atom. The topological polar surface area (TPSA) is 120 Å². The maximum Gasteiger partial charge on any atom is 0.263 e. The van der Waals surface area contributed by atoms with Gasteiger partial charge in [0.1, 0.15) is 5.84 Å². The van der Waals surface area contributed by atoms with Gasteiger partial charge in [0, 0.05) is 12.4 Å². The lowest BCUT2D eigenvalue weighted by molar-refractivity contribution is 0.398. The van der Waals surface area contributed by atoms with Crippen molar-refractivity contribution in [3.63, 3.8) is 0 Å². The first-order valence-corrected chi connectivity index (χ1v) is 8.35. The number of nitrogens with zero attached hydrogens (tertiary/aromatic N) is 3. The van der Waals surface area contributed by atoms with E-state index in [2.05, 4.69) is 19.7 Å². The molecule has 10 heteroatoms. The molecule has 2 aromatic rings. The number of hydrogen-bond acceptors (Lipinski definition) is 6. The summed E-state index contributed by atoms with van der Waals surface area (Å²) in [7, 11) is -2.46. The zero-order valence-corrected chi connectivity index (χ0v) is 13.7. The molecule has 23 heavy (non-hydrogen) atoms. The predicted molar refractivity (Wildman–Crippen MR) is 87.8 cm³/mol. The van der Waals surface area contributed by atoms with Crippen molar-refractivity contribution in [2.75, 3.05) is 17.7 Å². The fourth-order valence-electron chi connectivity index (χ4n) is 1.63. The molecule has 0 aliphatic rings. The lowest BCUT2D eigenvalue weighted by atomic mass is 10.3. The highest BCUT2D eigenvalue weighted by Crippen LogP contribution is 2.22. The van der Waals surface area contributed by atoms with Crippen molar-refractivity contribution >= 4 is 39.0 Å². The summed E-state index contributed by atoms with van der Waals surface area (Å²) < 4.78 is 32.0. The number of aromatic nitrogens is 2. The monoisotopic (exact) mass is 355 g/mol. The molecule has 0 bridgehead atoms. The second-order valence-corrected chi connectivity index (χ2v) is 6.20. The molecule has 0 saturated heterocycles. The first-order chi connectivity index (χ1) is 11.0. The van der Waals surface area contributed by atoms with Gasteiger partial charge in [0.15, 0.2) is 0 Å². The molecule has 0 radical (unpaired) electrons. The minimum atomic E-state index is -3.83. The number of nitrogens with two attached hydrogens (primary N) is 1. The first kappa shape index (κ1) is 17.0. The molecule has 0 spiro atoms. The number of hydrogen-bond donors (Lipinski definition) is 2. The molecular weight excluding hydrogens is 342 g/mol. The lowest BCUT2D eigenvalue weighted by Crippen LogP contribution is -2.15. The molecule has 0 fully saturated rings. The zero-order chi connectivity index (χ0) is 16.9. The molecule has 3 N–H and O–H groups in total. The van der Waals surface area contributed by atoms with Crippen molar-refractivity contribution in [3.05, 3.63) is 36.7 Å². The summed E-state index contributed by atoms with van der Waals surface area (Å²) in [5.74, 6) is 0.411. The molecule has 0 aliphatic heterocycles. The van der Waals surface area contributed by atoms with Gasteiger partial charge in [-0.25, -0.2) is 23.4 Å². The van der Waals surface area contributed by atoms with E-state index in [0.29, 0.717) is 5.69 Å². The van der Waals surface area contributed by atoms with E-state index in [1.54, 1.807) is 0 Å². The summed E-state index contributed by atoms with van der Waals surface area (Å²) in [5.41, 5.74) is 6.02. The SMILES string of the molecule is COc1nccnc1NS(=O)(=O)c1ccc(N=C(N)CCl)cc1. The molecule has 1 aromatic heterocycles. The molecular formula is C13H14ClN5O3S. The third-order valence-corrected chi connectivity index (χ3v) is 4.27. The zero-order valence-electron chi connectivity index (χ0n) is 12.1. The van der Waals surface area contributed by atoms with Crippen LogP contribution >= 0.6 is 11.6 Å². The van der Waals surface area contributed by atoms with E-state index in [0.717, 1.165) is 0 Å². The van der Waals surface area contributed by atoms with Crippen LogP contribution < -0.4 is 15.2 Å². The Labute approximate surface area is 138 Å². The number of anilines is 1. The number of methoxy groups -OCH3 is 1. The van der Waals surface area contributed by atoms with Crippen molar-refractivity contribution < 1.29 is 13.2 Å². The lowest BCUT2D eigenvalue weighted by Gasteiger charge is -2.09. The quantitative estimate of drug-likeness (QED) is 0.460. The van der Waals surface area contributed by atoms with Gasteiger partial charge in [-0.2, -0.15) is 0 Å². The van der Waals surface area contributed by atoms with Crippen LogP contribution in [0.2, 0.25) is 0 Å². The number of alkyl halides is 1. The fourth-order valence-corrected chi connectivity index (χ4v) is 2.69. The average Bonchev–Trinajstić information content (AvgIpc) is 2.55. The van der Waals surface area contributed by atoms with Crippen molar-refractivity contribution in [3.8, 4) is 5.88 Å². The van der Waals surface area contributed by atoms with Gasteiger partial charge >= 0.3 is 0 Å². The second kappa shape index (κ2) is 7.25. The number of rotatable bonds is 6. The van der Waals surface area contributed by atoms with Crippen LogP contribution in [0, 0.1) is 0 Å². The largest absolute Gasteiger partial charge is 0.478 e. The number of sulfonamides is 1. The third kappa shape index (κ3) is 4.30. The second-order valence-electron chi connectivity index (χ2n) is 4.25. The van der Waals surface area contributed by atoms with Gasteiger partial charge in [-0.05, 0) is 24.3 Å². The van der Waals surface area contributed by atoms with E-state index >= 15 is 0 Å².